The SMILES string of the molecule is CC1(C)CC1(CN)c1ccncn1. The van der Waals surface area contributed by atoms with Crippen molar-refractivity contribution in [3.63, 3.8) is 0 Å². The van der Waals surface area contributed by atoms with Crippen LogP contribution in [0.25, 0.3) is 0 Å². The van der Waals surface area contributed by atoms with Gasteiger partial charge in [-0.15, -0.1) is 0 Å². The van der Waals surface area contributed by atoms with Gasteiger partial charge >= 0.3 is 0 Å². The van der Waals surface area contributed by atoms with E-state index in [0.29, 0.717) is 12.0 Å². The molecule has 1 fully saturated rings. The number of nitrogens with zero attached hydrogens (tertiary/aromatic N) is 2. The fourth-order valence-electron chi connectivity index (χ4n) is 2.17. The molecule has 1 aromatic heterocycles. The van der Waals surface area contributed by atoms with Gasteiger partial charge in [0.05, 0.1) is 5.69 Å². The molecule has 13 heavy (non-hydrogen) atoms. The van der Waals surface area contributed by atoms with Crippen molar-refractivity contribution in [3.8, 4) is 0 Å². The number of aromatic nitrogens is 2. The van der Waals surface area contributed by atoms with Gasteiger partial charge in [-0.2, -0.15) is 0 Å². The first-order valence-electron chi connectivity index (χ1n) is 4.59. The minimum Gasteiger partial charge on any atom is -0.330 e. The lowest BCUT2D eigenvalue weighted by Crippen LogP contribution is -2.26. The molecule has 3 nitrogen and oxygen atoms in total. The normalized spacial score (nSPS) is 30.1. The first-order chi connectivity index (χ1) is 6.12. The molecule has 0 amide bonds. The highest BCUT2D eigenvalue weighted by Crippen LogP contribution is 2.62. The van der Waals surface area contributed by atoms with Gasteiger partial charge in [-0.1, -0.05) is 13.8 Å². The molecule has 0 aromatic carbocycles. The minimum atomic E-state index is 0.107. The molecule has 1 aliphatic carbocycles. The van der Waals surface area contributed by atoms with Crippen molar-refractivity contribution in [2.75, 3.05) is 6.54 Å². The van der Waals surface area contributed by atoms with Crippen molar-refractivity contribution in [1.82, 2.24) is 9.97 Å². The topological polar surface area (TPSA) is 51.8 Å². The summed E-state index contributed by atoms with van der Waals surface area (Å²) in [5.41, 5.74) is 7.32. The molecular weight excluding hydrogens is 162 g/mol. The predicted octanol–water partition coefficient (Wildman–Crippen LogP) is 1.10. The van der Waals surface area contributed by atoms with E-state index in [1.807, 2.05) is 6.07 Å². The second-order valence-corrected chi connectivity index (χ2v) is 4.44. The number of hydrogen-bond acceptors (Lipinski definition) is 3. The van der Waals surface area contributed by atoms with E-state index in [4.69, 9.17) is 5.73 Å². The fraction of sp³-hybridized carbons (Fsp3) is 0.600. The Balaban J connectivity index is 2.37. The molecule has 0 spiro atoms. The quantitative estimate of drug-likeness (QED) is 0.736. The molecule has 0 radical (unpaired) electrons. The number of nitrogens with two attached hydrogens (primary N) is 1. The van der Waals surface area contributed by atoms with Crippen LogP contribution in [0.3, 0.4) is 0 Å². The van der Waals surface area contributed by atoms with Gasteiger partial charge in [-0.3, -0.25) is 0 Å². The van der Waals surface area contributed by atoms with E-state index >= 15 is 0 Å². The summed E-state index contributed by atoms with van der Waals surface area (Å²) < 4.78 is 0. The molecule has 1 heterocycles. The zero-order chi connectivity index (χ0) is 9.53. The number of hydrogen-bond donors (Lipinski definition) is 1. The van der Waals surface area contributed by atoms with Gasteiger partial charge in [-0.25, -0.2) is 9.97 Å². The van der Waals surface area contributed by atoms with Crippen molar-refractivity contribution in [2.24, 2.45) is 11.1 Å². The van der Waals surface area contributed by atoms with Gasteiger partial charge in [0.2, 0.25) is 0 Å². The summed E-state index contributed by atoms with van der Waals surface area (Å²) in [4.78, 5) is 8.21. The van der Waals surface area contributed by atoms with Gasteiger partial charge in [0.1, 0.15) is 6.33 Å². The van der Waals surface area contributed by atoms with Gasteiger partial charge in [0.15, 0.2) is 0 Å². The summed E-state index contributed by atoms with van der Waals surface area (Å²) in [5, 5.41) is 0. The second kappa shape index (κ2) is 2.51. The third-order valence-electron chi connectivity index (χ3n) is 3.33. The lowest BCUT2D eigenvalue weighted by Gasteiger charge is -2.16. The molecule has 2 N–H and O–H groups in total. The highest BCUT2D eigenvalue weighted by molar-refractivity contribution is 5.31. The Morgan fingerprint density at radius 3 is 2.62 bits per heavy atom. The van der Waals surface area contributed by atoms with Crippen LogP contribution in [0.1, 0.15) is 26.0 Å². The molecule has 1 unspecified atom stereocenters. The van der Waals surface area contributed by atoms with Crippen LogP contribution >= 0.6 is 0 Å². The minimum absolute atomic E-state index is 0.107. The van der Waals surface area contributed by atoms with Crippen LogP contribution in [0.2, 0.25) is 0 Å². The summed E-state index contributed by atoms with van der Waals surface area (Å²) >= 11 is 0. The Labute approximate surface area is 78.4 Å². The van der Waals surface area contributed by atoms with Crippen LogP contribution in [0.5, 0.6) is 0 Å². The largest absolute Gasteiger partial charge is 0.330 e. The summed E-state index contributed by atoms with van der Waals surface area (Å²) in [6.07, 6.45) is 4.52. The van der Waals surface area contributed by atoms with E-state index in [1.165, 1.54) is 0 Å². The van der Waals surface area contributed by atoms with Crippen LogP contribution < -0.4 is 5.73 Å². The Hall–Kier alpha value is -0.960. The van der Waals surface area contributed by atoms with Crippen LogP contribution in [-0.2, 0) is 5.41 Å². The van der Waals surface area contributed by atoms with E-state index in [1.54, 1.807) is 12.5 Å². The predicted molar refractivity (Wildman–Crippen MR) is 51.2 cm³/mol. The molecule has 1 aliphatic rings. The first-order valence-corrected chi connectivity index (χ1v) is 4.59. The highest BCUT2D eigenvalue weighted by Gasteiger charge is 2.61. The van der Waals surface area contributed by atoms with Gasteiger partial charge in [0, 0.05) is 18.2 Å². The summed E-state index contributed by atoms with van der Waals surface area (Å²) in [5.74, 6) is 0. The third kappa shape index (κ3) is 1.07. The number of rotatable bonds is 2. The molecule has 70 valence electrons. The molecular formula is C10H15N3. The maximum atomic E-state index is 5.82. The Morgan fingerprint density at radius 1 is 1.54 bits per heavy atom. The van der Waals surface area contributed by atoms with E-state index in [2.05, 4.69) is 23.8 Å². The van der Waals surface area contributed by atoms with Gasteiger partial charge in [-0.05, 0) is 17.9 Å². The van der Waals surface area contributed by atoms with Crippen molar-refractivity contribution in [1.29, 1.82) is 0 Å². The zero-order valence-electron chi connectivity index (χ0n) is 8.12. The van der Waals surface area contributed by atoms with Crippen LogP contribution in [0.15, 0.2) is 18.6 Å². The average Bonchev–Trinajstić information content (AvgIpc) is 2.72. The van der Waals surface area contributed by atoms with Crippen molar-refractivity contribution in [3.05, 3.63) is 24.3 Å². The van der Waals surface area contributed by atoms with Gasteiger partial charge in [0.25, 0.3) is 0 Å². The Bertz CT molecular complexity index is 307. The molecule has 1 atom stereocenters. The van der Waals surface area contributed by atoms with Crippen LogP contribution in [0, 0.1) is 5.41 Å². The molecule has 0 bridgehead atoms. The second-order valence-electron chi connectivity index (χ2n) is 4.44. The lowest BCUT2D eigenvalue weighted by atomic mass is 9.92. The molecule has 1 aromatic rings. The average molecular weight is 177 g/mol. The van der Waals surface area contributed by atoms with E-state index < -0.39 is 0 Å². The molecule has 0 saturated heterocycles. The highest BCUT2D eigenvalue weighted by atomic mass is 14.9. The first kappa shape index (κ1) is 8.63. The molecule has 2 rings (SSSR count). The smallest absolute Gasteiger partial charge is 0.115 e. The van der Waals surface area contributed by atoms with E-state index in [-0.39, 0.29) is 5.41 Å². The fourth-order valence-corrected chi connectivity index (χ4v) is 2.17. The maximum Gasteiger partial charge on any atom is 0.115 e. The molecule has 1 saturated carbocycles. The summed E-state index contributed by atoms with van der Waals surface area (Å²) in [6, 6.07) is 1.97. The maximum absolute atomic E-state index is 5.82. The molecule has 0 aliphatic heterocycles. The van der Waals surface area contributed by atoms with Crippen molar-refractivity contribution in [2.45, 2.75) is 25.7 Å². The van der Waals surface area contributed by atoms with E-state index in [0.717, 1.165) is 12.1 Å². The summed E-state index contributed by atoms with van der Waals surface area (Å²) in [6.45, 7) is 5.15. The Kier molecular flexibility index (Phi) is 1.67. The van der Waals surface area contributed by atoms with Crippen molar-refractivity contribution < 1.29 is 0 Å². The van der Waals surface area contributed by atoms with Crippen LogP contribution in [0.4, 0.5) is 0 Å². The standard InChI is InChI=1S/C10H15N3/c1-9(2)5-10(9,6-11)8-3-4-12-7-13-8/h3-4,7H,5-6,11H2,1-2H3. The van der Waals surface area contributed by atoms with Gasteiger partial charge < -0.3 is 5.73 Å². The van der Waals surface area contributed by atoms with E-state index in [9.17, 15) is 0 Å². The van der Waals surface area contributed by atoms with Crippen molar-refractivity contribution >= 4 is 0 Å². The summed E-state index contributed by atoms with van der Waals surface area (Å²) in [7, 11) is 0. The monoisotopic (exact) mass is 177 g/mol. The Morgan fingerprint density at radius 2 is 2.23 bits per heavy atom. The zero-order valence-corrected chi connectivity index (χ0v) is 8.12. The lowest BCUT2D eigenvalue weighted by molar-refractivity contribution is 0.492. The third-order valence-corrected chi connectivity index (χ3v) is 3.33. The molecule has 3 heteroatoms. The van der Waals surface area contributed by atoms with Crippen LogP contribution in [-0.4, -0.2) is 16.5 Å².